The number of carbonyl (C=O) groups is 1. The van der Waals surface area contributed by atoms with Crippen LogP contribution in [0.4, 0.5) is 13.2 Å². The van der Waals surface area contributed by atoms with Crippen molar-refractivity contribution in [3.8, 4) is 11.6 Å². The quantitative estimate of drug-likeness (QED) is 0.792. The van der Waals surface area contributed by atoms with Gasteiger partial charge in [0, 0.05) is 37.9 Å². The number of halogens is 3. The van der Waals surface area contributed by atoms with Gasteiger partial charge in [0.25, 0.3) is 5.91 Å². The molecule has 156 valence electrons. The molecule has 6 nitrogen and oxygen atoms in total. The van der Waals surface area contributed by atoms with Crippen molar-refractivity contribution in [3.05, 3.63) is 53.2 Å². The highest BCUT2D eigenvalue weighted by Gasteiger charge is 2.33. The molecule has 1 atom stereocenters. The van der Waals surface area contributed by atoms with Crippen LogP contribution in [-0.2, 0) is 12.7 Å². The van der Waals surface area contributed by atoms with Crippen LogP contribution in [0.2, 0.25) is 0 Å². The number of hydrogen-bond donors (Lipinski definition) is 2. The van der Waals surface area contributed by atoms with Gasteiger partial charge in [0.2, 0.25) is 5.88 Å². The smallest absolute Gasteiger partial charge is 0.433 e. The van der Waals surface area contributed by atoms with Crippen molar-refractivity contribution < 1.29 is 27.8 Å². The Balaban J connectivity index is 1.80. The number of ether oxygens (including phenoxy) is 1. The lowest BCUT2D eigenvalue weighted by Gasteiger charge is -2.32. The molecular weight excluding hydrogens is 387 g/mol. The Bertz CT molecular complexity index is 874. The van der Waals surface area contributed by atoms with E-state index in [2.05, 4.69) is 4.98 Å². The maximum atomic E-state index is 13.0. The van der Waals surface area contributed by atoms with Crippen LogP contribution in [0, 0.1) is 5.92 Å². The topological polar surface area (TPSA) is 88.7 Å². The zero-order chi connectivity index (χ0) is 21.0. The van der Waals surface area contributed by atoms with Gasteiger partial charge in [-0.1, -0.05) is 6.07 Å². The molecule has 1 aromatic heterocycles. The van der Waals surface area contributed by atoms with Crippen molar-refractivity contribution in [1.82, 2.24) is 9.88 Å². The number of hydrogen-bond acceptors (Lipinski definition) is 5. The number of aromatic nitrogens is 1. The van der Waals surface area contributed by atoms with Crippen LogP contribution in [0.15, 0.2) is 36.4 Å². The first-order chi connectivity index (χ1) is 13.8. The monoisotopic (exact) mass is 409 g/mol. The average molecular weight is 409 g/mol. The van der Waals surface area contributed by atoms with Crippen LogP contribution in [0.25, 0.3) is 0 Å². The Morgan fingerprint density at radius 2 is 2.10 bits per heavy atom. The number of pyridine rings is 1. The van der Waals surface area contributed by atoms with Gasteiger partial charge in [-0.2, -0.15) is 13.2 Å². The van der Waals surface area contributed by atoms with Crippen LogP contribution < -0.4 is 10.5 Å². The molecular formula is C20H22F3N3O3. The zero-order valence-electron chi connectivity index (χ0n) is 15.7. The number of nitrogens with two attached hydrogens (primary N) is 1. The minimum absolute atomic E-state index is 0.0254. The van der Waals surface area contributed by atoms with Gasteiger partial charge < -0.3 is 20.5 Å². The van der Waals surface area contributed by atoms with Crippen molar-refractivity contribution in [2.45, 2.75) is 25.6 Å². The Kier molecular flexibility index (Phi) is 6.39. The van der Waals surface area contributed by atoms with Crippen LogP contribution in [0.1, 0.15) is 34.5 Å². The normalized spacial score (nSPS) is 17.3. The molecule has 1 aromatic carbocycles. The Labute approximate surface area is 166 Å². The average Bonchev–Trinajstić information content (AvgIpc) is 2.72. The number of aliphatic hydroxyl groups excluding tert-OH is 1. The third-order valence-electron chi connectivity index (χ3n) is 4.76. The summed E-state index contributed by atoms with van der Waals surface area (Å²) in [5.41, 5.74) is 4.97. The lowest BCUT2D eigenvalue weighted by Crippen LogP contribution is -2.40. The highest BCUT2D eigenvalue weighted by atomic mass is 19.4. The second-order valence-electron chi connectivity index (χ2n) is 6.97. The molecule has 0 aliphatic carbocycles. The number of rotatable bonds is 5. The third-order valence-corrected chi connectivity index (χ3v) is 4.76. The molecule has 1 aliphatic rings. The molecule has 0 bridgehead atoms. The third kappa shape index (κ3) is 5.24. The highest BCUT2D eigenvalue weighted by molar-refractivity contribution is 5.94. The molecule has 1 amide bonds. The van der Waals surface area contributed by atoms with Gasteiger partial charge in [-0.3, -0.25) is 4.79 Å². The molecule has 2 heterocycles. The largest absolute Gasteiger partial charge is 0.439 e. The van der Waals surface area contributed by atoms with Gasteiger partial charge in [0.1, 0.15) is 11.4 Å². The van der Waals surface area contributed by atoms with E-state index < -0.39 is 11.9 Å². The predicted molar refractivity (Wildman–Crippen MR) is 99.4 cm³/mol. The van der Waals surface area contributed by atoms with Gasteiger partial charge in [-0.25, -0.2) is 4.98 Å². The van der Waals surface area contributed by atoms with Gasteiger partial charge in [0.05, 0.1) is 0 Å². The second-order valence-corrected chi connectivity index (χ2v) is 6.97. The molecule has 1 aliphatic heterocycles. The number of carbonyl (C=O) groups excluding carboxylic acids is 1. The predicted octanol–water partition coefficient (Wildman–Crippen LogP) is 3.20. The fourth-order valence-electron chi connectivity index (χ4n) is 3.27. The number of piperidine rings is 1. The standard InChI is InChI=1S/C20H22F3N3O3/c21-20(22,23)17-7-14(10-24)8-18(25-17)29-16-5-1-4-15(9-16)19(28)26-6-2-3-13(11-26)12-27/h1,4-5,7-9,13,27H,2-3,6,10-12,24H2. The SMILES string of the molecule is NCc1cc(Oc2cccc(C(=O)N3CCCC(CO)C3)c2)nc(C(F)(F)F)c1. The molecule has 29 heavy (non-hydrogen) atoms. The Morgan fingerprint density at radius 1 is 1.31 bits per heavy atom. The minimum atomic E-state index is -4.63. The number of likely N-dealkylation sites (tertiary alicyclic amines) is 1. The number of aliphatic hydroxyl groups is 1. The number of alkyl halides is 3. The van der Waals surface area contributed by atoms with E-state index in [9.17, 15) is 23.1 Å². The molecule has 1 fully saturated rings. The summed E-state index contributed by atoms with van der Waals surface area (Å²) in [5, 5.41) is 9.34. The van der Waals surface area contributed by atoms with Crippen LogP contribution in [0.3, 0.4) is 0 Å². The first kappa shape index (κ1) is 21.1. The summed E-state index contributed by atoms with van der Waals surface area (Å²) >= 11 is 0. The summed E-state index contributed by atoms with van der Waals surface area (Å²) in [4.78, 5) is 17.9. The van der Waals surface area contributed by atoms with Crippen molar-refractivity contribution >= 4 is 5.91 Å². The zero-order valence-corrected chi connectivity index (χ0v) is 15.7. The van der Waals surface area contributed by atoms with Crippen LogP contribution in [0.5, 0.6) is 11.6 Å². The first-order valence-electron chi connectivity index (χ1n) is 9.26. The fourth-order valence-corrected chi connectivity index (χ4v) is 3.27. The van der Waals surface area contributed by atoms with Crippen molar-refractivity contribution in [2.24, 2.45) is 11.7 Å². The Morgan fingerprint density at radius 3 is 2.79 bits per heavy atom. The molecule has 0 saturated carbocycles. The number of benzene rings is 1. The maximum Gasteiger partial charge on any atom is 0.433 e. The summed E-state index contributed by atoms with van der Waals surface area (Å²) < 4.78 is 44.6. The van der Waals surface area contributed by atoms with Crippen LogP contribution >= 0.6 is 0 Å². The molecule has 3 N–H and O–H groups in total. The highest BCUT2D eigenvalue weighted by Crippen LogP contribution is 2.31. The van der Waals surface area contributed by atoms with Crippen LogP contribution in [-0.4, -0.2) is 40.6 Å². The summed E-state index contributed by atoms with van der Waals surface area (Å²) in [6.45, 7) is 0.990. The van der Waals surface area contributed by atoms with Gasteiger partial charge >= 0.3 is 6.18 Å². The molecule has 3 rings (SSSR count). The van der Waals surface area contributed by atoms with Crippen molar-refractivity contribution in [1.29, 1.82) is 0 Å². The molecule has 1 saturated heterocycles. The maximum absolute atomic E-state index is 13.0. The minimum Gasteiger partial charge on any atom is -0.439 e. The molecule has 0 radical (unpaired) electrons. The van der Waals surface area contributed by atoms with E-state index in [4.69, 9.17) is 10.5 Å². The van der Waals surface area contributed by atoms with Crippen molar-refractivity contribution in [2.75, 3.05) is 19.7 Å². The molecule has 0 spiro atoms. The van der Waals surface area contributed by atoms with E-state index in [1.807, 2.05) is 0 Å². The molecule has 1 unspecified atom stereocenters. The van der Waals surface area contributed by atoms with E-state index in [-0.39, 0.29) is 42.2 Å². The summed E-state index contributed by atoms with van der Waals surface area (Å²) in [5.74, 6) is -0.214. The number of amides is 1. The van der Waals surface area contributed by atoms with Gasteiger partial charge in [-0.05, 0) is 48.6 Å². The van der Waals surface area contributed by atoms with E-state index >= 15 is 0 Å². The summed E-state index contributed by atoms with van der Waals surface area (Å²) in [7, 11) is 0. The van der Waals surface area contributed by atoms with E-state index in [0.29, 0.717) is 18.7 Å². The van der Waals surface area contributed by atoms with Crippen molar-refractivity contribution in [3.63, 3.8) is 0 Å². The second kappa shape index (κ2) is 8.79. The molecule has 2 aromatic rings. The fraction of sp³-hybridized carbons (Fsp3) is 0.400. The van der Waals surface area contributed by atoms with E-state index in [1.54, 1.807) is 17.0 Å². The van der Waals surface area contributed by atoms with Gasteiger partial charge in [0.15, 0.2) is 0 Å². The first-order valence-corrected chi connectivity index (χ1v) is 9.26. The summed E-state index contributed by atoms with van der Waals surface area (Å²) in [6, 6.07) is 8.42. The molecule has 9 heteroatoms. The lowest BCUT2D eigenvalue weighted by molar-refractivity contribution is -0.141. The number of nitrogens with zero attached hydrogens (tertiary/aromatic N) is 2. The summed E-state index contributed by atoms with van der Waals surface area (Å²) in [6.07, 6.45) is -2.95. The van der Waals surface area contributed by atoms with E-state index in [1.165, 1.54) is 18.2 Å². The van der Waals surface area contributed by atoms with Gasteiger partial charge in [-0.15, -0.1) is 0 Å². The Hall–Kier alpha value is -2.65. The van der Waals surface area contributed by atoms with E-state index in [0.717, 1.165) is 18.9 Å². The lowest BCUT2D eigenvalue weighted by atomic mass is 9.98.